The van der Waals surface area contributed by atoms with E-state index in [0.29, 0.717) is 31.7 Å². The van der Waals surface area contributed by atoms with Gasteiger partial charge in [0, 0.05) is 30.9 Å². The summed E-state index contributed by atoms with van der Waals surface area (Å²) < 4.78 is 6.68. The third-order valence-corrected chi connectivity index (χ3v) is 5.92. The molecule has 1 atom stereocenters. The summed E-state index contributed by atoms with van der Waals surface area (Å²) in [6.45, 7) is 7.89. The Balaban J connectivity index is 1.59. The fraction of sp³-hybridized carbons (Fsp3) is 0.556. The molecule has 0 aliphatic carbocycles. The maximum atomic E-state index is 12.6. The second-order valence-corrected chi connectivity index (χ2v) is 7.89. The number of nitrogens with zero attached hydrogens (tertiary/aromatic N) is 3. The SMILES string of the molecule is Cc1sc2ncn(CCC(=O)N[C@H](C)C(=O)N3CCOCC3)c(=O)c2c1C. The Hall–Kier alpha value is -2.26. The summed E-state index contributed by atoms with van der Waals surface area (Å²) in [5.74, 6) is -0.384. The molecule has 2 aromatic heterocycles. The topological polar surface area (TPSA) is 93.5 Å². The van der Waals surface area contributed by atoms with E-state index >= 15 is 0 Å². The van der Waals surface area contributed by atoms with Gasteiger partial charge in [-0.3, -0.25) is 19.0 Å². The molecule has 0 bridgehead atoms. The lowest BCUT2D eigenvalue weighted by molar-refractivity contribution is -0.139. The van der Waals surface area contributed by atoms with Crippen LogP contribution >= 0.6 is 11.3 Å². The predicted octanol–water partition coefficient (Wildman–Crippen LogP) is 0.828. The van der Waals surface area contributed by atoms with Crippen molar-refractivity contribution in [3.63, 3.8) is 0 Å². The van der Waals surface area contributed by atoms with Gasteiger partial charge >= 0.3 is 0 Å². The van der Waals surface area contributed by atoms with Crippen LogP contribution in [0.3, 0.4) is 0 Å². The predicted molar refractivity (Wildman–Crippen MR) is 103 cm³/mol. The van der Waals surface area contributed by atoms with Crippen LogP contribution in [-0.4, -0.2) is 58.6 Å². The molecule has 1 aliphatic rings. The van der Waals surface area contributed by atoms with E-state index in [1.165, 1.54) is 22.2 Å². The molecule has 1 fully saturated rings. The van der Waals surface area contributed by atoms with E-state index in [1.807, 2.05) is 13.8 Å². The van der Waals surface area contributed by atoms with Crippen LogP contribution in [0.15, 0.2) is 11.1 Å². The Morgan fingerprint density at radius 3 is 2.74 bits per heavy atom. The van der Waals surface area contributed by atoms with Gasteiger partial charge in [0.2, 0.25) is 11.8 Å². The quantitative estimate of drug-likeness (QED) is 0.813. The third kappa shape index (κ3) is 4.19. The van der Waals surface area contributed by atoms with E-state index in [1.54, 1.807) is 11.8 Å². The Kier molecular flexibility index (Phi) is 5.91. The zero-order valence-electron chi connectivity index (χ0n) is 15.8. The molecule has 1 saturated heterocycles. The molecular formula is C18H24N4O4S. The molecule has 3 rings (SSSR count). The summed E-state index contributed by atoms with van der Waals surface area (Å²) in [4.78, 5) is 45.0. The minimum atomic E-state index is -0.602. The van der Waals surface area contributed by atoms with Crippen LogP contribution in [0.5, 0.6) is 0 Å². The van der Waals surface area contributed by atoms with Gasteiger partial charge in [-0.15, -0.1) is 11.3 Å². The van der Waals surface area contributed by atoms with Gasteiger partial charge in [-0.2, -0.15) is 0 Å². The fourth-order valence-electron chi connectivity index (χ4n) is 3.08. The first-order valence-electron chi connectivity index (χ1n) is 8.99. The molecule has 1 aliphatic heterocycles. The van der Waals surface area contributed by atoms with Crippen molar-refractivity contribution in [1.82, 2.24) is 19.8 Å². The number of fused-ring (bicyclic) bond motifs is 1. The average Bonchev–Trinajstić information content (AvgIpc) is 2.96. The van der Waals surface area contributed by atoms with Crippen LogP contribution in [-0.2, 0) is 20.9 Å². The van der Waals surface area contributed by atoms with Crippen molar-refractivity contribution < 1.29 is 14.3 Å². The van der Waals surface area contributed by atoms with Crippen molar-refractivity contribution in [3.8, 4) is 0 Å². The first-order chi connectivity index (χ1) is 12.9. The number of hydrogen-bond donors (Lipinski definition) is 1. The largest absolute Gasteiger partial charge is 0.378 e. The van der Waals surface area contributed by atoms with Gasteiger partial charge in [0.25, 0.3) is 5.56 Å². The molecular weight excluding hydrogens is 368 g/mol. The third-order valence-electron chi connectivity index (χ3n) is 4.81. The van der Waals surface area contributed by atoms with E-state index in [4.69, 9.17) is 4.74 Å². The van der Waals surface area contributed by atoms with Gasteiger partial charge in [0.05, 0.1) is 24.9 Å². The van der Waals surface area contributed by atoms with Crippen LogP contribution in [0.1, 0.15) is 23.8 Å². The molecule has 0 radical (unpaired) electrons. The summed E-state index contributed by atoms with van der Waals surface area (Å²) in [5.41, 5.74) is 0.808. The molecule has 2 aromatic rings. The number of carbonyl (C=O) groups excluding carboxylic acids is 2. The summed E-state index contributed by atoms with van der Waals surface area (Å²) in [7, 11) is 0. The highest BCUT2D eigenvalue weighted by atomic mass is 32.1. The first kappa shape index (κ1) is 19.5. The minimum Gasteiger partial charge on any atom is -0.378 e. The van der Waals surface area contributed by atoms with Crippen molar-refractivity contribution in [3.05, 3.63) is 27.1 Å². The Morgan fingerprint density at radius 1 is 1.33 bits per heavy atom. The lowest BCUT2D eigenvalue weighted by atomic mass is 10.2. The number of hydrogen-bond acceptors (Lipinski definition) is 6. The van der Waals surface area contributed by atoms with Gasteiger partial charge in [0.15, 0.2) is 0 Å². The highest BCUT2D eigenvalue weighted by Gasteiger charge is 2.23. The van der Waals surface area contributed by atoms with Crippen LogP contribution < -0.4 is 10.9 Å². The number of rotatable bonds is 5. The van der Waals surface area contributed by atoms with Crippen molar-refractivity contribution in [2.24, 2.45) is 0 Å². The van der Waals surface area contributed by atoms with Crippen molar-refractivity contribution in [1.29, 1.82) is 0 Å². The molecule has 27 heavy (non-hydrogen) atoms. The van der Waals surface area contributed by atoms with Crippen LogP contribution in [0.4, 0.5) is 0 Å². The number of aryl methyl sites for hydroxylation is 3. The number of carbonyl (C=O) groups is 2. The Labute approximate surface area is 161 Å². The number of aromatic nitrogens is 2. The van der Waals surface area contributed by atoms with E-state index in [0.717, 1.165) is 15.3 Å². The Morgan fingerprint density at radius 2 is 2.04 bits per heavy atom. The van der Waals surface area contributed by atoms with E-state index in [9.17, 15) is 14.4 Å². The number of amides is 2. The molecule has 146 valence electrons. The minimum absolute atomic E-state index is 0.107. The molecule has 9 heteroatoms. The van der Waals surface area contributed by atoms with E-state index in [2.05, 4.69) is 10.3 Å². The maximum absolute atomic E-state index is 12.6. The van der Waals surface area contributed by atoms with Crippen molar-refractivity contribution in [2.45, 2.75) is 39.8 Å². The van der Waals surface area contributed by atoms with E-state index in [-0.39, 0.29) is 30.3 Å². The zero-order valence-corrected chi connectivity index (χ0v) is 16.6. The molecule has 2 amide bonds. The molecule has 0 saturated carbocycles. The van der Waals surface area contributed by atoms with Gasteiger partial charge < -0.3 is 15.0 Å². The molecule has 1 N–H and O–H groups in total. The molecule has 0 aromatic carbocycles. The highest BCUT2D eigenvalue weighted by Crippen LogP contribution is 2.25. The van der Waals surface area contributed by atoms with Gasteiger partial charge in [-0.05, 0) is 26.3 Å². The van der Waals surface area contributed by atoms with E-state index < -0.39 is 6.04 Å². The number of morpholine rings is 1. The summed E-state index contributed by atoms with van der Waals surface area (Å²) in [5, 5.41) is 3.34. The fourth-order valence-corrected chi connectivity index (χ4v) is 4.07. The second kappa shape index (κ2) is 8.18. The second-order valence-electron chi connectivity index (χ2n) is 6.68. The molecule has 8 nitrogen and oxygen atoms in total. The molecule has 0 spiro atoms. The monoisotopic (exact) mass is 392 g/mol. The summed E-state index contributed by atoms with van der Waals surface area (Å²) in [6.07, 6.45) is 1.59. The normalized spacial score (nSPS) is 15.7. The smallest absolute Gasteiger partial charge is 0.262 e. The summed E-state index contributed by atoms with van der Waals surface area (Å²) in [6, 6.07) is -0.602. The van der Waals surface area contributed by atoms with Crippen LogP contribution in [0.25, 0.3) is 10.2 Å². The van der Waals surface area contributed by atoms with Crippen molar-refractivity contribution in [2.75, 3.05) is 26.3 Å². The summed E-state index contributed by atoms with van der Waals surface area (Å²) >= 11 is 1.50. The lowest BCUT2D eigenvalue weighted by Crippen LogP contribution is -2.50. The van der Waals surface area contributed by atoms with Gasteiger partial charge in [0.1, 0.15) is 10.9 Å². The number of thiophene rings is 1. The average molecular weight is 392 g/mol. The van der Waals surface area contributed by atoms with Crippen LogP contribution in [0, 0.1) is 13.8 Å². The highest BCUT2D eigenvalue weighted by molar-refractivity contribution is 7.18. The van der Waals surface area contributed by atoms with Gasteiger partial charge in [-0.25, -0.2) is 4.98 Å². The van der Waals surface area contributed by atoms with Gasteiger partial charge in [-0.1, -0.05) is 0 Å². The molecule has 3 heterocycles. The van der Waals surface area contributed by atoms with Crippen LogP contribution in [0.2, 0.25) is 0 Å². The number of nitrogens with one attached hydrogen (secondary N) is 1. The lowest BCUT2D eigenvalue weighted by Gasteiger charge is -2.29. The van der Waals surface area contributed by atoms with Crippen molar-refractivity contribution >= 4 is 33.4 Å². The zero-order chi connectivity index (χ0) is 19.6. The first-order valence-corrected chi connectivity index (χ1v) is 9.81. The Bertz CT molecular complexity index is 914. The molecule has 0 unspecified atom stereocenters. The maximum Gasteiger partial charge on any atom is 0.262 e. The number of ether oxygens (including phenoxy) is 1. The standard InChI is InChI=1S/C18H24N4O4S/c1-11-13(3)27-16-15(11)18(25)22(10-19-16)5-4-14(23)20-12(2)17(24)21-6-8-26-9-7-21/h10,12H,4-9H2,1-3H3,(H,20,23)/t12-/m1/s1.